The molecule has 0 saturated carbocycles. The van der Waals surface area contributed by atoms with Crippen molar-refractivity contribution >= 4 is 143 Å². The Morgan fingerprint density at radius 3 is 1.00 bits per heavy atom. The van der Waals surface area contributed by atoms with E-state index in [4.69, 9.17) is 0 Å². The summed E-state index contributed by atoms with van der Waals surface area (Å²) in [5.41, 5.74) is 40.0. The maximum absolute atomic E-state index is 2.74. The van der Waals surface area contributed by atoms with Gasteiger partial charge < -0.3 is 24.5 Å². The Hall–Kier alpha value is -14.6. The predicted molar refractivity (Wildman–Crippen MR) is 530 cm³/mol. The van der Waals surface area contributed by atoms with Crippen molar-refractivity contribution in [2.24, 2.45) is 0 Å². The Labute approximate surface area is 733 Å². The highest BCUT2D eigenvalue weighted by Crippen LogP contribution is 2.55. The average Bonchev–Trinajstić information content (AvgIpc) is 0.683. The van der Waals surface area contributed by atoms with Crippen LogP contribution in [0.15, 0.2) is 441 Å². The van der Waals surface area contributed by atoms with Crippen LogP contribution in [0, 0.1) is 0 Å². The van der Waals surface area contributed by atoms with Crippen LogP contribution >= 0.6 is 11.8 Å². The van der Waals surface area contributed by atoms with E-state index in [0.29, 0.717) is 0 Å². The van der Waals surface area contributed by atoms with E-state index in [9.17, 15) is 0 Å². The molecule has 5 nitrogen and oxygen atoms in total. The SMILES string of the molecule is CC(C)(C)c1ccc(-c2cccc(-c3ccc(C(C)(C)C)cc3)c2N2c3cc4c(cc3B3c5ccccc5N(c5ccccc5)c5cc(N(c6ccc(-c7ccccc7)cc6)c6cccc(-c7ccccc7)c6)cc2c53)B2c3ccccc3N(c3ccccc3)c3cc(N(c5ccc(-c6ccccc6)cc5)c5cccc(-c6ccccc6)c5)cc(c32)S4)cc1. The molecule has 18 aromatic carbocycles. The van der Waals surface area contributed by atoms with Crippen molar-refractivity contribution < 1.29 is 0 Å². The lowest BCUT2D eigenvalue weighted by Crippen LogP contribution is -2.64. The number of fused-ring (bicyclic) bond motifs is 8. The molecule has 22 rings (SSSR count). The third-order valence-electron chi connectivity index (χ3n) is 25.6. The second kappa shape index (κ2) is 30.8. The molecular formula is C116H89B2N5S. The van der Waals surface area contributed by atoms with Gasteiger partial charge in [-0.1, -0.05) is 374 Å². The highest BCUT2D eigenvalue weighted by Gasteiger charge is 2.49. The minimum Gasteiger partial charge on any atom is -0.311 e. The first-order valence-corrected chi connectivity index (χ1v) is 44.1. The third kappa shape index (κ3) is 13.4. The second-order valence-electron chi connectivity index (χ2n) is 35.2. The first-order valence-electron chi connectivity index (χ1n) is 43.2. The van der Waals surface area contributed by atoms with E-state index < -0.39 is 0 Å². The average molecular weight is 1610 g/mol. The Morgan fingerprint density at radius 2 is 0.565 bits per heavy atom. The van der Waals surface area contributed by atoms with Crippen molar-refractivity contribution in [3.8, 4) is 66.8 Å². The van der Waals surface area contributed by atoms with Gasteiger partial charge in [-0.05, 0) is 220 Å². The molecule has 0 spiro atoms. The molecule has 4 aliphatic rings. The Morgan fingerprint density at radius 1 is 0.218 bits per heavy atom. The molecule has 0 unspecified atom stereocenters. The summed E-state index contributed by atoms with van der Waals surface area (Å²) in [4.78, 5) is 15.3. The van der Waals surface area contributed by atoms with Crippen LogP contribution in [-0.2, 0) is 10.8 Å². The molecule has 590 valence electrons. The monoisotopic (exact) mass is 1610 g/mol. The van der Waals surface area contributed by atoms with Gasteiger partial charge >= 0.3 is 0 Å². The summed E-state index contributed by atoms with van der Waals surface area (Å²) in [6.07, 6.45) is 0. The van der Waals surface area contributed by atoms with Crippen molar-refractivity contribution in [2.45, 2.75) is 62.2 Å². The summed E-state index contributed by atoms with van der Waals surface area (Å²) >= 11 is 1.92. The zero-order valence-corrected chi connectivity index (χ0v) is 71.1. The molecule has 0 N–H and O–H groups in total. The van der Waals surface area contributed by atoms with Crippen molar-refractivity contribution in [2.75, 3.05) is 24.5 Å². The van der Waals surface area contributed by atoms with Crippen LogP contribution in [-0.4, -0.2) is 13.4 Å². The molecule has 4 heterocycles. The summed E-state index contributed by atoms with van der Waals surface area (Å²) in [6, 6.07) is 162. The molecule has 4 aliphatic heterocycles. The minimum absolute atomic E-state index is 0.0803. The summed E-state index contributed by atoms with van der Waals surface area (Å²) in [5, 5.41) is 0. The molecule has 0 saturated heterocycles. The van der Waals surface area contributed by atoms with Gasteiger partial charge in [0.1, 0.15) is 0 Å². The fraction of sp³-hybridized carbons (Fsp3) is 0.0690. The molecule has 0 aromatic heterocycles. The van der Waals surface area contributed by atoms with E-state index in [2.05, 4.69) is 497 Å². The molecular weight excluding hydrogens is 1520 g/mol. The zero-order valence-electron chi connectivity index (χ0n) is 70.3. The fourth-order valence-corrected chi connectivity index (χ4v) is 20.8. The quantitative estimate of drug-likeness (QED) is 0.0944. The topological polar surface area (TPSA) is 16.2 Å². The first-order chi connectivity index (χ1) is 60.8. The van der Waals surface area contributed by atoms with E-state index in [-0.39, 0.29) is 24.3 Å². The molecule has 124 heavy (non-hydrogen) atoms. The molecule has 0 bridgehead atoms. The van der Waals surface area contributed by atoms with Gasteiger partial charge in [-0.15, -0.1) is 0 Å². The third-order valence-corrected chi connectivity index (χ3v) is 26.7. The van der Waals surface area contributed by atoms with E-state index in [1.54, 1.807) is 0 Å². The van der Waals surface area contributed by atoms with E-state index in [1.807, 2.05) is 11.8 Å². The molecule has 0 fully saturated rings. The lowest BCUT2D eigenvalue weighted by molar-refractivity contribution is 0.590. The summed E-state index contributed by atoms with van der Waals surface area (Å²) in [6.45, 7) is 13.5. The maximum Gasteiger partial charge on any atom is 0.252 e. The van der Waals surface area contributed by atoms with Gasteiger partial charge in [-0.2, -0.15) is 0 Å². The summed E-state index contributed by atoms with van der Waals surface area (Å²) in [5.74, 6) is 0. The van der Waals surface area contributed by atoms with E-state index in [1.165, 1.54) is 64.8 Å². The van der Waals surface area contributed by atoms with E-state index >= 15 is 0 Å². The van der Waals surface area contributed by atoms with Gasteiger partial charge in [-0.25, -0.2) is 0 Å². The molecule has 18 aromatic rings. The largest absolute Gasteiger partial charge is 0.311 e. The minimum atomic E-state index is -0.263. The smallest absolute Gasteiger partial charge is 0.252 e. The Kier molecular flexibility index (Phi) is 18.8. The number of hydrogen-bond acceptors (Lipinski definition) is 6. The van der Waals surface area contributed by atoms with Gasteiger partial charge in [0.05, 0.1) is 11.4 Å². The van der Waals surface area contributed by atoms with Gasteiger partial charge in [0, 0.05) is 94.9 Å². The second-order valence-corrected chi connectivity index (χ2v) is 36.3. The van der Waals surface area contributed by atoms with Crippen LogP contribution in [0.4, 0.5) is 85.3 Å². The van der Waals surface area contributed by atoms with Crippen LogP contribution in [0.5, 0.6) is 0 Å². The van der Waals surface area contributed by atoms with E-state index in [0.717, 1.165) is 141 Å². The summed E-state index contributed by atoms with van der Waals surface area (Å²) < 4.78 is 0. The molecule has 0 radical (unpaired) electrons. The van der Waals surface area contributed by atoms with Crippen molar-refractivity contribution in [3.63, 3.8) is 0 Å². The molecule has 0 amide bonds. The van der Waals surface area contributed by atoms with Crippen LogP contribution in [0.1, 0.15) is 52.7 Å². The van der Waals surface area contributed by atoms with Crippen LogP contribution in [0.25, 0.3) is 66.8 Å². The number of hydrogen-bond donors (Lipinski definition) is 0. The fourth-order valence-electron chi connectivity index (χ4n) is 19.5. The molecule has 8 heteroatoms. The highest BCUT2D eigenvalue weighted by atomic mass is 32.2. The summed E-state index contributed by atoms with van der Waals surface area (Å²) in [7, 11) is 0. The first kappa shape index (κ1) is 75.6. The Balaban J connectivity index is 0.847. The van der Waals surface area contributed by atoms with Crippen LogP contribution in [0.3, 0.4) is 0 Å². The Bertz CT molecular complexity index is 7000. The van der Waals surface area contributed by atoms with Crippen molar-refractivity contribution in [1.29, 1.82) is 0 Å². The standard InChI is InChI=1S/C116H89B2N5S/c1-115(2,3)88-62-54-84(55-63-88)98-48-31-49-99(85-56-64-89(65-57-85)116(4,5)6)114(98)123-106-77-110-103(118-101-51-26-28-53-105(101)122(91-44-23-12-24-45-91)109-74-97(75-111(124-110)113(109)118)120(93-68-60-83(61-69-93)79-34-15-8-16-35-79)95-47-30-41-87(71-95)81-38-19-10-20-39-81)76-102(106)117-100-50-25-27-52-104(100)121(90-42-21-11-22-43-90)107-72-96(73-108(123)112(107)117)119(92-66-58-82(59-67-92)78-32-13-7-14-33-78)94-46-29-40-86(70-94)80-36-17-9-18-37-80/h7-77H,1-6H3. The van der Waals surface area contributed by atoms with Gasteiger partial charge in [-0.3, -0.25) is 0 Å². The maximum atomic E-state index is 2.74. The van der Waals surface area contributed by atoms with Crippen molar-refractivity contribution in [1.82, 2.24) is 0 Å². The van der Waals surface area contributed by atoms with Gasteiger partial charge in [0.2, 0.25) is 6.71 Å². The number of nitrogens with zero attached hydrogens (tertiary/aromatic N) is 5. The lowest BCUT2D eigenvalue weighted by atomic mass is 9.31. The number of anilines is 15. The van der Waals surface area contributed by atoms with Crippen LogP contribution < -0.4 is 57.3 Å². The van der Waals surface area contributed by atoms with Gasteiger partial charge in [0.25, 0.3) is 6.71 Å². The predicted octanol–water partition coefficient (Wildman–Crippen LogP) is 28.1. The lowest BCUT2D eigenvalue weighted by Gasteiger charge is -2.46. The van der Waals surface area contributed by atoms with Crippen LogP contribution in [0.2, 0.25) is 0 Å². The zero-order chi connectivity index (χ0) is 83.3. The number of rotatable bonds is 15. The molecule has 0 atom stereocenters. The number of para-hydroxylation sites is 5. The number of benzene rings is 18. The normalized spacial score (nSPS) is 12.8. The molecule has 0 aliphatic carbocycles. The van der Waals surface area contributed by atoms with Crippen molar-refractivity contribution in [3.05, 3.63) is 442 Å². The van der Waals surface area contributed by atoms with Gasteiger partial charge in [0.15, 0.2) is 0 Å². The highest BCUT2D eigenvalue weighted by molar-refractivity contribution is 8.00.